The molecule has 1 aromatic carbocycles. The van der Waals surface area contributed by atoms with Gasteiger partial charge in [0.25, 0.3) is 0 Å². The van der Waals surface area contributed by atoms with Crippen molar-refractivity contribution in [1.29, 1.82) is 0 Å². The minimum absolute atomic E-state index is 0.00656. The lowest BCUT2D eigenvalue weighted by Crippen LogP contribution is -2.45. The van der Waals surface area contributed by atoms with Crippen molar-refractivity contribution < 1.29 is 14.6 Å². The molecule has 0 bridgehead atoms. The van der Waals surface area contributed by atoms with Gasteiger partial charge in [-0.2, -0.15) is 0 Å². The average molecular weight is 332 g/mol. The molecule has 0 spiro atoms. The molecule has 3 N–H and O–H groups in total. The molecule has 132 valence electrons. The number of carbonyl (C=O) groups excluding carboxylic acids is 1. The molecule has 2 amide bonds. The van der Waals surface area contributed by atoms with Crippen molar-refractivity contribution in [1.82, 2.24) is 10.6 Å². The van der Waals surface area contributed by atoms with Gasteiger partial charge in [-0.25, -0.2) is 4.79 Å². The average Bonchev–Trinajstić information content (AvgIpc) is 3.10. The summed E-state index contributed by atoms with van der Waals surface area (Å²) in [6, 6.07) is 10.2. The monoisotopic (exact) mass is 332 g/mol. The summed E-state index contributed by atoms with van der Waals surface area (Å²) in [6.07, 6.45) is 5.00. The lowest BCUT2D eigenvalue weighted by molar-refractivity contribution is 0.117. The molecule has 5 nitrogen and oxygen atoms in total. The van der Waals surface area contributed by atoms with Gasteiger partial charge in [0, 0.05) is 19.3 Å². The van der Waals surface area contributed by atoms with Gasteiger partial charge in [-0.15, -0.1) is 0 Å². The van der Waals surface area contributed by atoms with Crippen LogP contribution in [0.25, 0.3) is 0 Å². The van der Waals surface area contributed by atoms with Gasteiger partial charge >= 0.3 is 6.03 Å². The molecular weight excluding hydrogens is 304 g/mol. The zero-order valence-corrected chi connectivity index (χ0v) is 14.1. The van der Waals surface area contributed by atoms with Crippen molar-refractivity contribution in [3.05, 3.63) is 35.9 Å². The molecule has 0 aromatic heterocycles. The highest BCUT2D eigenvalue weighted by molar-refractivity contribution is 5.74. The third-order valence-corrected chi connectivity index (χ3v) is 5.13. The van der Waals surface area contributed by atoms with Crippen LogP contribution in [0.5, 0.6) is 0 Å². The third-order valence-electron chi connectivity index (χ3n) is 5.13. The summed E-state index contributed by atoms with van der Waals surface area (Å²) in [5.41, 5.74) is 1.14. The predicted octanol–water partition coefficient (Wildman–Crippen LogP) is 2.76. The third kappa shape index (κ3) is 4.95. The Morgan fingerprint density at radius 3 is 2.58 bits per heavy atom. The van der Waals surface area contributed by atoms with Crippen molar-refractivity contribution in [3.8, 4) is 0 Å². The van der Waals surface area contributed by atoms with E-state index < -0.39 is 0 Å². The number of aliphatic hydroxyl groups excluding tert-OH is 1. The van der Waals surface area contributed by atoms with Crippen LogP contribution in [-0.4, -0.2) is 36.5 Å². The van der Waals surface area contributed by atoms with E-state index in [4.69, 9.17) is 4.74 Å². The minimum atomic E-state index is -0.203. The number of hydrogen-bond acceptors (Lipinski definition) is 3. The van der Waals surface area contributed by atoms with Crippen LogP contribution < -0.4 is 10.6 Å². The topological polar surface area (TPSA) is 70.6 Å². The van der Waals surface area contributed by atoms with Gasteiger partial charge < -0.3 is 20.5 Å². The molecule has 1 aliphatic carbocycles. The van der Waals surface area contributed by atoms with Crippen LogP contribution in [-0.2, 0) is 4.74 Å². The summed E-state index contributed by atoms with van der Waals surface area (Å²) < 4.78 is 5.48. The molecule has 2 atom stereocenters. The van der Waals surface area contributed by atoms with Gasteiger partial charge in [0.15, 0.2) is 0 Å². The van der Waals surface area contributed by atoms with Gasteiger partial charge in [0.05, 0.1) is 12.1 Å². The minimum Gasteiger partial charge on any atom is -0.393 e. The number of ether oxygens (including phenoxy) is 1. The molecule has 5 heteroatoms. The van der Waals surface area contributed by atoms with Crippen molar-refractivity contribution in [3.63, 3.8) is 0 Å². The number of benzene rings is 1. The normalized spacial score (nSPS) is 28.3. The second-order valence-electron chi connectivity index (χ2n) is 7.05. The highest BCUT2D eigenvalue weighted by Gasteiger charge is 2.25. The first-order valence-electron chi connectivity index (χ1n) is 9.08. The molecule has 24 heavy (non-hydrogen) atoms. The van der Waals surface area contributed by atoms with Gasteiger partial charge in [0.2, 0.25) is 0 Å². The maximum Gasteiger partial charge on any atom is 0.315 e. The molecule has 1 aliphatic heterocycles. The van der Waals surface area contributed by atoms with E-state index >= 15 is 0 Å². The second kappa shape index (κ2) is 8.49. The number of aliphatic hydroxyl groups is 1. The Labute approximate surface area is 143 Å². The molecule has 2 fully saturated rings. The van der Waals surface area contributed by atoms with Crippen LogP contribution in [0.15, 0.2) is 30.3 Å². The van der Waals surface area contributed by atoms with E-state index in [-0.39, 0.29) is 24.2 Å². The van der Waals surface area contributed by atoms with E-state index in [1.165, 1.54) is 0 Å². The molecule has 1 heterocycles. The Morgan fingerprint density at radius 1 is 1.17 bits per heavy atom. The van der Waals surface area contributed by atoms with Gasteiger partial charge in [-0.1, -0.05) is 30.3 Å². The fraction of sp³-hybridized carbons (Fsp3) is 0.632. The van der Waals surface area contributed by atoms with Crippen LogP contribution in [0.1, 0.15) is 50.1 Å². The van der Waals surface area contributed by atoms with E-state index in [1.54, 1.807) is 0 Å². The van der Waals surface area contributed by atoms with Gasteiger partial charge in [-0.3, -0.25) is 0 Å². The first-order valence-corrected chi connectivity index (χ1v) is 9.08. The van der Waals surface area contributed by atoms with E-state index in [2.05, 4.69) is 22.8 Å². The largest absolute Gasteiger partial charge is 0.393 e. The highest BCUT2D eigenvalue weighted by Crippen LogP contribution is 2.26. The summed E-state index contributed by atoms with van der Waals surface area (Å²) in [5, 5.41) is 15.8. The smallest absolute Gasteiger partial charge is 0.315 e. The van der Waals surface area contributed by atoms with Crippen LogP contribution in [0.4, 0.5) is 4.79 Å². The van der Waals surface area contributed by atoms with Crippen molar-refractivity contribution >= 4 is 6.03 Å². The number of nitrogens with one attached hydrogen (secondary N) is 2. The maximum atomic E-state index is 12.4. The first-order chi connectivity index (χ1) is 11.7. The summed E-state index contributed by atoms with van der Waals surface area (Å²) in [7, 11) is 0. The molecule has 1 saturated heterocycles. The molecule has 1 saturated carbocycles. The number of carbonyl (C=O) groups is 1. The predicted molar refractivity (Wildman–Crippen MR) is 92.7 cm³/mol. The van der Waals surface area contributed by atoms with E-state index in [0.29, 0.717) is 5.92 Å². The number of rotatable bonds is 5. The molecule has 2 aliphatic rings. The fourth-order valence-corrected chi connectivity index (χ4v) is 3.67. The van der Waals surface area contributed by atoms with Crippen LogP contribution in [0, 0.1) is 5.92 Å². The highest BCUT2D eigenvalue weighted by atomic mass is 16.5. The van der Waals surface area contributed by atoms with E-state index in [9.17, 15) is 9.90 Å². The number of hydrogen-bond donors (Lipinski definition) is 3. The summed E-state index contributed by atoms with van der Waals surface area (Å²) in [6.45, 7) is 1.61. The van der Waals surface area contributed by atoms with Crippen LogP contribution >= 0.6 is 0 Å². The quantitative estimate of drug-likeness (QED) is 0.776. The molecule has 1 aromatic rings. The van der Waals surface area contributed by atoms with E-state index in [0.717, 1.165) is 57.3 Å². The Balaban J connectivity index is 1.57. The fourth-order valence-electron chi connectivity index (χ4n) is 3.67. The lowest BCUT2D eigenvalue weighted by Gasteiger charge is -2.28. The SMILES string of the molecule is O=C(NC1CCC(O)CC1)NC(CC1CCOC1)c1ccccc1. The lowest BCUT2D eigenvalue weighted by atomic mass is 9.93. The van der Waals surface area contributed by atoms with Crippen LogP contribution in [0.3, 0.4) is 0 Å². The Kier molecular flexibility index (Phi) is 6.10. The maximum absolute atomic E-state index is 12.4. The standard InChI is InChI=1S/C19H28N2O3/c22-17-8-6-16(7-9-17)20-19(23)21-18(12-14-10-11-24-13-14)15-4-2-1-3-5-15/h1-5,14,16-18,22H,6-13H2,(H2,20,21,23). The zero-order chi connectivity index (χ0) is 16.8. The molecule has 2 unspecified atom stereocenters. The van der Waals surface area contributed by atoms with Crippen molar-refractivity contribution in [2.24, 2.45) is 5.92 Å². The van der Waals surface area contributed by atoms with Crippen molar-refractivity contribution in [2.45, 2.75) is 56.7 Å². The Morgan fingerprint density at radius 2 is 1.92 bits per heavy atom. The second-order valence-corrected chi connectivity index (χ2v) is 7.05. The Bertz CT molecular complexity index is 509. The summed E-state index contributed by atoms with van der Waals surface area (Å²) in [5.74, 6) is 0.500. The van der Waals surface area contributed by atoms with Gasteiger partial charge in [-0.05, 0) is 50.0 Å². The van der Waals surface area contributed by atoms with E-state index in [1.807, 2.05) is 18.2 Å². The zero-order valence-electron chi connectivity index (χ0n) is 14.1. The Hall–Kier alpha value is -1.59. The number of amides is 2. The number of urea groups is 1. The van der Waals surface area contributed by atoms with Crippen molar-refractivity contribution in [2.75, 3.05) is 13.2 Å². The summed E-state index contributed by atoms with van der Waals surface area (Å²) >= 11 is 0. The molecule has 3 rings (SSSR count). The first kappa shape index (κ1) is 17.2. The van der Waals surface area contributed by atoms with Crippen LogP contribution in [0.2, 0.25) is 0 Å². The molecule has 0 radical (unpaired) electrons. The molecular formula is C19H28N2O3. The van der Waals surface area contributed by atoms with Gasteiger partial charge in [0.1, 0.15) is 0 Å². The summed E-state index contributed by atoms with van der Waals surface area (Å²) in [4.78, 5) is 12.4.